The molecule has 0 aromatic heterocycles. The van der Waals surface area contributed by atoms with E-state index >= 15 is 0 Å². The maximum atomic E-state index is 13.1. The Labute approximate surface area is 142 Å². The molecule has 0 aliphatic carbocycles. The van der Waals surface area contributed by atoms with Crippen molar-refractivity contribution in [2.24, 2.45) is 0 Å². The van der Waals surface area contributed by atoms with Crippen LogP contribution < -0.4 is 14.8 Å². The molecule has 0 amide bonds. The fourth-order valence-corrected chi connectivity index (χ4v) is 3.31. The van der Waals surface area contributed by atoms with Crippen LogP contribution in [0.25, 0.3) is 0 Å². The number of rotatable bonds is 5. The Morgan fingerprint density at radius 2 is 1.70 bits per heavy atom. The molecule has 1 fully saturated rings. The van der Waals surface area contributed by atoms with Crippen LogP contribution in [0.15, 0.2) is 16.6 Å². The molecular formula is C15H20BrF3N2O2. The fourth-order valence-electron chi connectivity index (χ4n) is 2.75. The quantitative estimate of drug-likeness (QED) is 0.827. The fraction of sp³-hybridized carbons (Fsp3) is 0.600. The zero-order valence-electron chi connectivity index (χ0n) is 13.0. The van der Waals surface area contributed by atoms with Gasteiger partial charge in [-0.1, -0.05) is 0 Å². The van der Waals surface area contributed by atoms with Gasteiger partial charge in [0.05, 0.1) is 20.6 Å². The van der Waals surface area contributed by atoms with Gasteiger partial charge < -0.3 is 14.8 Å². The van der Waals surface area contributed by atoms with Crippen LogP contribution in [0.2, 0.25) is 0 Å². The predicted octanol–water partition coefficient (Wildman–Crippen LogP) is 3.37. The first-order valence-corrected chi connectivity index (χ1v) is 8.08. The van der Waals surface area contributed by atoms with Crippen molar-refractivity contribution in [1.82, 2.24) is 10.2 Å². The molecular weight excluding hydrogens is 377 g/mol. The summed E-state index contributed by atoms with van der Waals surface area (Å²) in [6.45, 7) is 2.50. The third kappa shape index (κ3) is 4.74. The Morgan fingerprint density at radius 1 is 1.17 bits per heavy atom. The smallest absolute Gasteiger partial charge is 0.390 e. The molecule has 1 N–H and O–H groups in total. The van der Waals surface area contributed by atoms with Crippen LogP contribution in [0.3, 0.4) is 0 Å². The number of hydrogen-bond acceptors (Lipinski definition) is 4. The average molecular weight is 397 g/mol. The minimum atomic E-state index is -4.25. The molecule has 0 spiro atoms. The summed E-state index contributed by atoms with van der Waals surface area (Å²) in [6, 6.07) is 2.53. The number of piperazine rings is 1. The van der Waals surface area contributed by atoms with E-state index in [-0.39, 0.29) is 0 Å². The number of ether oxygens (including phenoxy) is 2. The molecule has 0 saturated carbocycles. The molecule has 0 bridgehead atoms. The summed E-state index contributed by atoms with van der Waals surface area (Å²) >= 11 is 3.35. The molecule has 8 heteroatoms. The largest absolute Gasteiger partial charge is 0.495 e. The van der Waals surface area contributed by atoms with Crippen molar-refractivity contribution in [3.05, 3.63) is 22.2 Å². The van der Waals surface area contributed by atoms with E-state index in [1.807, 2.05) is 4.90 Å². The van der Waals surface area contributed by atoms with Gasteiger partial charge in [-0.3, -0.25) is 4.90 Å². The van der Waals surface area contributed by atoms with Crippen molar-refractivity contribution < 1.29 is 22.6 Å². The molecule has 2 rings (SSSR count). The third-order valence-corrected chi connectivity index (χ3v) is 4.65. The number of benzene rings is 1. The van der Waals surface area contributed by atoms with Crippen LogP contribution in [0.5, 0.6) is 11.5 Å². The van der Waals surface area contributed by atoms with E-state index in [4.69, 9.17) is 9.47 Å². The summed E-state index contributed by atoms with van der Waals surface area (Å²) in [4.78, 5) is 1.85. The lowest BCUT2D eigenvalue weighted by Gasteiger charge is -2.36. The summed E-state index contributed by atoms with van der Waals surface area (Å²) in [5, 5.41) is 3.16. The summed E-state index contributed by atoms with van der Waals surface area (Å²) in [5.74, 6) is 0.920. The second kappa shape index (κ2) is 7.72. The van der Waals surface area contributed by atoms with Crippen molar-refractivity contribution in [1.29, 1.82) is 0 Å². The first-order valence-electron chi connectivity index (χ1n) is 7.28. The van der Waals surface area contributed by atoms with Crippen molar-refractivity contribution in [3.8, 4) is 11.5 Å². The highest BCUT2D eigenvalue weighted by molar-refractivity contribution is 9.10. The summed E-state index contributed by atoms with van der Waals surface area (Å²) in [7, 11) is 2.96. The Balaban J connectivity index is 2.41. The normalized spacial score (nSPS) is 17.8. The lowest BCUT2D eigenvalue weighted by Crippen LogP contribution is -2.46. The van der Waals surface area contributed by atoms with Gasteiger partial charge in [-0.25, -0.2) is 0 Å². The van der Waals surface area contributed by atoms with Gasteiger partial charge in [0, 0.05) is 32.2 Å². The predicted molar refractivity (Wildman–Crippen MR) is 85.1 cm³/mol. The molecule has 0 radical (unpaired) electrons. The summed E-state index contributed by atoms with van der Waals surface area (Å²) in [6.07, 6.45) is -5.15. The van der Waals surface area contributed by atoms with Gasteiger partial charge in [0.2, 0.25) is 0 Å². The molecule has 1 aliphatic rings. The number of alkyl halides is 3. The average Bonchev–Trinajstić information content (AvgIpc) is 2.53. The lowest BCUT2D eigenvalue weighted by atomic mass is 10.00. The van der Waals surface area contributed by atoms with Crippen LogP contribution in [-0.2, 0) is 0 Å². The number of nitrogens with one attached hydrogen (secondary N) is 1. The Morgan fingerprint density at radius 3 is 2.13 bits per heavy atom. The van der Waals surface area contributed by atoms with E-state index in [2.05, 4.69) is 21.2 Å². The minimum Gasteiger partial charge on any atom is -0.495 e. The number of halogens is 4. The molecule has 1 heterocycles. The maximum Gasteiger partial charge on any atom is 0.390 e. The highest BCUT2D eigenvalue weighted by atomic mass is 79.9. The second-order valence-electron chi connectivity index (χ2n) is 5.36. The minimum absolute atomic E-state index is 0.460. The maximum absolute atomic E-state index is 13.1. The number of hydrogen-bond donors (Lipinski definition) is 1. The van der Waals surface area contributed by atoms with Gasteiger partial charge >= 0.3 is 6.18 Å². The molecule has 130 valence electrons. The van der Waals surface area contributed by atoms with E-state index in [0.717, 1.165) is 0 Å². The zero-order chi connectivity index (χ0) is 17.0. The summed E-state index contributed by atoms with van der Waals surface area (Å²) in [5.41, 5.74) is 0.543. The Hall–Kier alpha value is -0.990. The van der Waals surface area contributed by atoms with E-state index in [1.165, 1.54) is 14.2 Å². The van der Waals surface area contributed by atoms with Gasteiger partial charge in [0.15, 0.2) is 0 Å². The SMILES string of the molecule is COc1cc([C@H](CC(F)(F)F)N2CCNCC2)cc(OC)c1Br. The van der Waals surface area contributed by atoms with E-state index in [0.29, 0.717) is 47.7 Å². The van der Waals surface area contributed by atoms with Crippen molar-refractivity contribution >= 4 is 15.9 Å². The van der Waals surface area contributed by atoms with E-state index in [9.17, 15) is 13.2 Å². The first kappa shape index (κ1) is 18.4. The summed E-state index contributed by atoms with van der Waals surface area (Å²) < 4.78 is 50.3. The molecule has 0 unspecified atom stereocenters. The molecule has 1 aromatic carbocycles. The van der Waals surface area contributed by atoms with Gasteiger partial charge in [-0.2, -0.15) is 13.2 Å². The van der Waals surface area contributed by atoms with Gasteiger partial charge in [-0.15, -0.1) is 0 Å². The lowest BCUT2D eigenvalue weighted by molar-refractivity contribution is -0.148. The van der Waals surface area contributed by atoms with Crippen LogP contribution in [0, 0.1) is 0 Å². The molecule has 1 saturated heterocycles. The van der Waals surface area contributed by atoms with Crippen LogP contribution >= 0.6 is 15.9 Å². The monoisotopic (exact) mass is 396 g/mol. The van der Waals surface area contributed by atoms with Crippen LogP contribution in [0.1, 0.15) is 18.0 Å². The van der Waals surface area contributed by atoms with Crippen molar-refractivity contribution in [2.75, 3.05) is 40.4 Å². The van der Waals surface area contributed by atoms with Gasteiger partial charge in [-0.05, 0) is 33.6 Å². The molecule has 1 aliphatic heterocycles. The third-order valence-electron chi connectivity index (χ3n) is 3.87. The topological polar surface area (TPSA) is 33.7 Å². The Kier molecular flexibility index (Phi) is 6.16. The first-order chi connectivity index (χ1) is 10.9. The van der Waals surface area contributed by atoms with E-state index < -0.39 is 18.6 Å². The zero-order valence-corrected chi connectivity index (χ0v) is 14.6. The standard InChI is InChI=1S/C15H20BrF3N2O2/c1-22-12-7-10(8-13(23-2)14(12)16)11(9-15(17,18)19)21-5-3-20-4-6-21/h7-8,11,20H,3-6,9H2,1-2H3/t11-/m0/s1. The number of nitrogens with zero attached hydrogens (tertiary/aromatic N) is 1. The second-order valence-corrected chi connectivity index (χ2v) is 6.15. The molecule has 23 heavy (non-hydrogen) atoms. The van der Waals surface area contributed by atoms with Crippen molar-refractivity contribution in [3.63, 3.8) is 0 Å². The molecule has 1 atom stereocenters. The van der Waals surface area contributed by atoms with Crippen LogP contribution in [-0.4, -0.2) is 51.5 Å². The van der Waals surface area contributed by atoms with E-state index in [1.54, 1.807) is 12.1 Å². The number of methoxy groups -OCH3 is 2. The highest BCUT2D eigenvalue weighted by Gasteiger charge is 2.36. The molecule has 4 nitrogen and oxygen atoms in total. The van der Waals surface area contributed by atoms with Crippen molar-refractivity contribution in [2.45, 2.75) is 18.6 Å². The highest BCUT2D eigenvalue weighted by Crippen LogP contribution is 2.41. The van der Waals surface area contributed by atoms with Crippen LogP contribution in [0.4, 0.5) is 13.2 Å². The van der Waals surface area contributed by atoms with Gasteiger partial charge in [0.25, 0.3) is 0 Å². The molecule has 1 aromatic rings. The Bertz CT molecular complexity index is 509. The van der Waals surface area contributed by atoms with Gasteiger partial charge in [0.1, 0.15) is 16.0 Å².